The standard InChI is InChI=1S/C33H34N4O3/c1-39-32-10-6-5-9-31(32)37-21-19-36(20-22-37)24-27-11-15-29(16-12-27)33(38)35-34-23-26-13-17-30(18-14-26)40-25-28-7-3-2-4-8-28/h2-18,23H,19-22,24-25H2,1H3,(H,35,38)/b34-23-. The molecule has 4 aromatic rings. The Kier molecular flexibility index (Phi) is 9.06. The predicted molar refractivity (Wildman–Crippen MR) is 159 cm³/mol. The molecule has 0 aromatic heterocycles. The molecule has 5 rings (SSSR count). The fourth-order valence-corrected chi connectivity index (χ4v) is 4.68. The molecular formula is C33H34N4O3. The summed E-state index contributed by atoms with van der Waals surface area (Å²) >= 11 is 0. The van der Waals surface area contributed by atoms with Gasteiger partial charge in [0.1, 0.15) is 18.1 Å². The first kappa shape index (κ1) is 27.0. The van der Waals surface area contributed by atoms with Crippen molar-refractivity contribution in [1.82, 2.24) is 10.3 Å². The van der Waals surface area contributed by atoms with Gasteiger partial charge in [-0.2, -0.15) is 5.10 Å². The molecule has 0 spiro atoms. The van der Waals surface area contributed by atoms with Gasteiger partial charge in [-0.15, -0.1) is 0 Å². The van der Waals surface area contributed by atoms with E-state index in [9.17, 15) is 4.79 Å². The highest BCUT2D eigenvalue weighted by atomic mass is 16.5. The highest BCUT2D eigenvalue weighted by Crippen LogP contribution is 2.28. The average molecular weight is 535 g/mol. The van der Waals surface area contributed by atoms with Crippen LogP contribution in [0.4, 0.5) is 5.69 Å². The van der Waals surface area contributed by atoms with Gasteiger partial charge in [0.15, 0.2) is 0 Å². The molecule has 4 aromatic carbocycles. The van der Waals surface area contributed by atoms with Crippen LogP contribution in [0.2, 0.25) is 0 Å². The fraction of sp³-hybridized carbons (Fsp3) is 0.212. The second-order valence-electron chi connectivity index (χ2n) is 9.67. The van der Waals surface area contributed by atoms with E-state index >= 15 is 0 Å². The number of nitrogens with one attached hydrogen (secondary N) is 1. The van der Waals surface area contributed by atoms with E-state index in [0.717, 1.165) is 61.0 Å². The van der Waals surface area contributed by atoms with Crippen molar-refractivity contribution < 1.29 is 14.3 Å². The number of anilines is 1. The van der Waals surface area contributed by atoms with Gasteiger partial charge >= 0.3 is 0 Å². The van der Waals surface area contributed by atoms with E-state index in [2.05, 4.69) is 26.4 Å². The zero-order valence-corrected chi connectivity index (χ0v) is 22.7. The van der Waals surface area contributed by atoms with Crippen LogP contribution in [0.15, 0.2) is 108 Å². The number of ether oxygens (including phenoxy) is 2. The molecule has 1 heterocycles. The number of nitrogens with zero attached hydrogens (tertiary/aromatic N) is 3. The van der Waals surface area contributed by atoms with Crippen molar-refractivity contribution in [2.45, 2.75) is 13.2 Å². The maximum absolute atomic E-state index is 12.6. The van der Waals surface area contributed by atoms with E-state index in [4.69, 9.17) is 9.47 Å². The minimum atomic E-state index is -0.240. The van der Waals surface area contributed by atoms with Crippen molar-refractivity contribution in [3.8, 4) is 11.5 Å². The number of hydrogen-bond acceptors (Lipinski definition) is 6. The van der Waals surface area contributed by atoms with Crippen molar-refractivity contribution in [3.05, 3.63) is 125 Å². The number of piperazine rings is 1. The highest BCUT2D eigenvalue weighted by Gasteiger charge is 2.19. The Balaban J connectivity index is 1.06. The Morgan fingerprint density at radius 2 is 1.52 bits per heavy atom. The molecule has 0 bridgehead atoms. The molecule has 0 atom stereocenters. The van der Waals surface area contributed by atoms with Gasteiger partial charge in [-0.05, 0) is 65.2 Å². The first-order chi connectivity index (χ1) is 19.7. The normalized spacial score (nSPS) is 13.8. The number of methoxy groups -OCH3 is 1. The molecule has 1 saturated heterocycles. The smallest absolute Gasteiger partial charge is 0.271 e. The number of benzene rings is 4. The lowest BCUT2D eigenvalue weighted by molar-refractivity contribution is 0.0955. The van der Waals surface area contributed by atoms with Gasteiger partial charge in [0, 0.05) is 38.3 Å². The summed E-state index contributed by atoms with van der Waals surface area (Å²) in [6, 6.07) is 33.5. The maximum Gasteiger partial charge on any atom is 0.271 e. The van der Waals surface area contributed by atoms with Crippen LogP contribution in [-0.2, 0) is 13.2 Å². The van der Waals surface area contributed by atoms with E-state index < -0.39 is 0 Å². The lowest BCUT2D eigenvalue weighted by Gasteiger charge is -2.36. The topological polar surface area (TPSA) is 66.4 Å². The zero-order chi connectivity index (χ0) is 27.6. The molecule has 7 heteroatoms. The molecule has 0 radical (unpaired) electrons. The largest absolute Gasteiger partial charge is 0.495 e. The highest BCUT2D eigenvalue weighted by molar-refractivity contribution is 5.94. The van der Waals surface area contributed by atoms with E-state index in [0.29, 0.717) is 12.2 Å². The number of para-hydroxylation sites is 2. The number of carbonyl (C=O) groups is 1. The summed E-state index contributed by atoms with van der Waals surface area (Å²) in [7, 11) is 1.72. The molecule has 1 amide bonds. The summed E-state index contributed by atoms with van der Waals surface area (Å²) in [5.74, 6) is 1.45. The van der Waals surface area contributed by atoms with Gasteiger partial charge in [-0.3, -0.25) is 9.69 Å². The molecule has 204 valence electrons. The summed E-state index contributed by atoms with van der Waals surface area (Å²) in [6.45, 7) is 5.20. The van der Waals surface area contributed by atoms with Crippen molar-refractivity contribution in [2.24, 2.45) is 5.10 Å². The molecule has 1 aliphatic heterocycles. The van der Waals surface area contributed by atoms with Gasteiger partial charge in [-0.25, -0.2) is 5.43 Å². The number of hydrogen-bond donors (Lipinski definition) is 1. The van der Waals surface area contributed by atoms with Crippen LogP contribution in [0.3, 0.4) is 0 Å². The number of carbonyl (C=O) groups excluding carboxylic acids is 1. The fourth-order valence-electron chi connectivity index (χ4n) is 4.68. The second-order valence-corrected chi connectivity index (χ2v) is 9.67. The minimum absolute atomic E-state index is 0.240. The van der Waals surface area contributed by atoms with Crippen LogP contribution in [0.1, 0.15) is 27.0 Å². The van der Waals surface area contributed by atoms with Crippen LogP contribution in [0.25, 0.3) is 0 Å². The Labute approximate surface area is 235 Å². The number of hydrazone groups is 1. The zero-order valence-electron chi connectivity index (χ0n) is 22.7. The summed E-state index contributed by atoms with van der Waals surface area (Å²) < 4.78 is 11.3. The molecule has 1 N–H and O–H groups in total. The molecule has 0 saturated carbocycles. The van der Waals surface area contributed by atoms with Crippen molar-refractivity contribution in [2.75, 3.05) is 38.2 Å². The molecule has 1 fully saturated rings. The Morgan fingerprint density at radius 3 is 2.25 bits per heavy atom. The Hall–Kier alpha value is -4.62. The SMILES string of the molecule is COc1ccccc1N1CCN(Cc2ccc(C(=O)N/N=C\c3ccc(OCc4ccccc4)cc3)cc2)CC1. The first-order valence-electron chi connectivity index (χ1n) is 13.5. The first-order valence-corrected chi connectivity index (χ1v) is 13.5. The van der Waals surface area contributed by atoms with Crippen molar-refractivity contribution in [3.63, 3.8) is 0 Å². The van der Waals surface area contributed by atoms with E-state index in [1.54, 1.807) is 13.3 Å². The summed E-state index contributed by atoms with van der Waals surface area (Å²) in [4.78, 5) is 17.4. The van der Waals surface area contributed by atoms with Crippen LogP contribution in [0.5, 0.6) is 11.5 Å². The number of amides is 1. The Bertz CT molecular complexity index is 1400. The molecule has 40 heavy (non-hydrogen) atoms. The molecule has 1 aliphatic rings. The number of rotatable bonds is 10. The summed E-state index contributed by atoms with van der Waals surface area (Å²) in [5, 5.41) is 4.11. The lowest BCUT2D eigenvalue weighted by Crippen LogP contribution is -2.46. The van der Waals surface area contributed by atoms with Gasteiger partial charge in [0.2, 0.25) is 0 Å². The minimum Gasteiger partial charge on any atom is -0.495 e. The molecule has 7 nitrogen and oxygen atoms in total. The van der Waals surface area contributed by atoms with E-state index in [1.807, 2.05) is 97.1 Å². The molecule has 0 unspecified atom stereocenters. The third kappa shape index (κ3) is 7.27. The lowest BCUT2D eigenvalue weighted by atomic mass is 10.1. The maximum atomic E-state index is 12.6. The van der Waals surface area contributed by atoms with Crippen LogP contribution < -0.4 is 19.8 Å². The molecule has 0 aliphatic carbocycles. The third-order valence-corrected chi connectivity index (χ3v) is 6.93. The predicted octanol–water partition coefficient (Wildman–Crippen LogP) is 5.36. The Morgan fingerprint density at radius 1 is 0.825 bits per heavy atom. The third-order valence-electron chi connectivity index (χ3n) is 6.93. The van der Waals surface area contributed by atoms with Crippen LogP contribution in [0, 0.1) is 0 Å². The van der Waals surface area contributed by atoms with Gasteiger partial charge in [-0.1, -0.05) is 54.6 Å². The second kappa shape index (κ2) is 13.4. The average Bonchev–Trinajstić information content (AvgIpc) is 3.02. The summed E-state index contributed by atoms with van der Waals surface area (Å²) in [5.41, 5.74) is 7.50. The van der Waals surface area contributed by atoms with Gasteiger partial charge in [0.25, 0.3) is 5.91 Å². The monoisotopic (exact) mass is 534 g/mol. The van der Waals surface area contributed by atoms with E-state index in [-0.39, 0.29) is 5.91 Å². The van der Waals surface area contributed by atoms with Gasteiger partial charge in [0.05, 0.1) is 19.0 Å². The molecular weight excluding hydrogens is 500 g/mol. The van der Waals surface area contributed by atoms with Crippen molar-refractivity contribution >= 4 is 17.8 Å². The van der Waals surface area contributed by atoms with Crippen molar-refractivity contribution in [1.29, 1.82) is 0 Å². The quantitative estimate of drug-likeness (QED) is 0.219. The van der Waals surface area contributed by atoms with Crippen LogP contribution >= 0.6 is 0 Å². The summed E-state index contributed by atoms with van der Waals surface area (Å²) in [6.07, 6.45) is 1.62. The van der Waals surface area contributed by atoms with E-state index in [1.165, 1.54) is 5.56 Å². The van der Waals surface area contributed by atoms with Crippen LogP contribution in [-0.4, -0.2) is 50.3 Å². The van der Waals surface area contributed by atoms with Gasteiger partial charge < -0.3 is 14.4 Å².